The highest BCUT2D eigenvalue weighted by molar-refractivity contribution is 5.90. The Labute approximate surface area is 358 Å². The molecule has 0 unspecified atom stereocenters. The van der Waals surface area contributed by atoms with Crippen LogP contribution in [0.15, 0.2) is 29.8 Å². The van der Waals surface area contributed by atoms with E-state index in [1.54, 1.807) is 5.57 Å². The van der Waals surface area contributed by atoms with Gasteiger partial charge in [-0.25, -0.2) is 4.79 Å². The summed E-state index contributed by atoms with van der Waals surface area (Å²) in [6, 6.07) is 5.74. The summed E-state index contributed by atoms with van der Waals surface area (Å²) in [5.74, 6) is 6.25. The summed E-state index contributed by atoms with van der Waals surface area (Å²) in [5, 5.41) is 0. The maximum atomic E-state index is 13.8. The van der Waals surface area contributed by atoms with Crippen LogP contribution in [0.3, 0.4) is 0 Å². The van der Waals surface area contributed by atoms with E-state index >= 15 is 0 Å². The van der Waals surface area contributed by atoms with Crippen LogP contribution in [0.4, 0.5) is 0 Å². The highest BCUT2D eigenvalue weighted by atomic mass is 16.5. The second kappa shape index (κ2) is 23.9. The van der Waals surface area contributed by atoms with Crippen LogP contribution in [0.1, 0.15) is 232 Å². The zero-order valence-electron chi connectivity index (χ0n) is 39.0. The van der Waals surface area contributed by atoms with Gasteiger partial charge in [0.2, 0.25) is 0 Å². The van der Waals surface area contributed by atoms with Gasteiger partial charge in [0.1, 0.15) is 6.10 Å². The normalized spacial score (nSPS) is 28.3. The van der Waals surface area contributed by atoms with E-state index in [2.05, 4.69) is 54.5 Å². The molecule has 4 aliphatic carbocycles. The number of carbonyl (C=O) groups is 1. The first kappa shape index (κ1) is 47.1. The standard InChI is InChI=1S/C54H90O4/c1-8-10-12-14-16-18-20-22-37-56-50-32-27-43(39-51(50)57-38-23-21-19-17-15-13-11-9-2)52(55)58-45-33-35-53(6)44(40-45)28-29-46-48-31-30-47(42(5)26-24-25-41(3)4)54(48,7)36-34-49(46)53/h27-28,32,39,41-42,45-49H,8-26,29-31,33-38,40H2,1-7H3/t42-,45+,46+,47-,48+,49+,53+,54-/m1/s1. The van der Waals surface area contributed by atoms with Gasteiger partial charge in [0.15, 0.2) is 11.5 Å². The molecule has 8 atom stereocenters. The maximum absolute atomic E-state index is 13.8. The van der Waals surface area contributed by atoms with Gasteiger partial charge in [0, 0.05) is 6.42 Å². The second-order valence-electron chi connectivity index (χ2n) is 20.9. The van der Waals surface area contributed by atoms with Gasteiger partial charge in [0.05, 0.1) is 18.8 Å². The van der Waals surface area contributed by atoms with E-state index in [4.69, 9.17) is 14.2 Å². The summed E-state index contributed by atoms with van der Waals surface area (Å²) in [4.78, 5) is 13.8. The predicted molar refractivity (Wildman–Crippen MR) is 245 cm³/mol. The van der Waals surface area contributed by atoms with Crippen molar-refractivity contribution < 1.29 is 19.0 Å². The molecule has 4 nitrogen and oxygen atoms in total. The van der Waals surface area contributed by atoms with E-state index < -0.39 is 0 Å². The summed E-state index contributed by atoms with van der Waals surface area (Å²) < 4.78 is 19.0. The van der Waals surface area contributed by atoms with Crippen LogP contribution in [-0.2, 0) is 4.74 Å². The number of benzene rings is 1. The van der Waals surface area contributed by atoms with Crippen molar-refractivity contribution in [1.82, 2.24) is 0 Å². The molecule has 58 heavy (non-hydrogen) atoms. The fourth-order valence-corrected chi connectivity index (χ4v) is 12.7. The summed E-state index contributed by atoms with van der Waals surface area (Å²) >= 11 is 0. The molecule has 5 rings (SSSR count). The van der Waals surface area contributed by atoms with Gasteiger partial charge in [-0.3, -0.25) is 0 Å². The molecule has 0 bridgehead atoms. The monoisotopic (exact) mass is 803 g/mol. The largest absolute Gasteiger partial charge is 0.490 e. The second-order valence-corrected chi connectivity index (χ2v) is 20.9. The lowest BCUT2D eigenvalue weighted by atomic mass is 9.47. The van der Waals surface area contributed by atoms with Gasteiger partial charge >= 0.3 is 5.97 Å². The average Bonchev–Trinajstić information content (AvgIpc) is 3.57. The van der Waals surface area contributed by atoms with Gasteiger partial charge in [-0.05, 0) is 122 Å². The molecule has 4 heteroatoms. The highest BCUT2D eigenvalue weighted by Gasteiger charge is 2.59. The van der Waals surface area contributed by atoms with E-state index in [1.807, 2.05) is 18.2 Å². The lowest BCUT2D eigenvalue weighted by Crippen LogP contribution is -2.51. The molecule has 0 amide bonds. The number of unbranched alkanes of at least 4 members (excludes halogenated alkanes) is 14. The number of ether oxygens (including phenoxy) is 3. The van der Waals surface area contributed by atoms with Crippen LogP contribution >= 0.6 is 0 Å². The first-order valence-electron chi connectivity index (χ1n) is 25.4. The molecule has 3 saturated carbocycles. The molecule has 0 aliphatic heterocycles. The first-order valence-corrected chi connectivity index (χ1v) is 25.4. The van der Waals surface area contributed by atoms with E-state index in [-0.39, 0.29) is 17.5 Å². The van der Waals surface area contributed by atoms with E-state index in [0.717, 1.165) is 73.4 Å². The van der Waals surface area contributed by atoms with Crippen molar-refractivity contribution >= 4 is 5.97 Å². The smallest absolute Gasteiger partial charge is 0.338 e. The topological polar surface area (TPSA) is 44.8 Å². The molecular formula is C54H90O4. The zero-order chi connectivity index (χ0) is 41.4. The van der Waals surface area contributed by atoms with Crippen molar-refractivity contribution in [3.8, 4) is 11.5 Å². The van der Waals surface area contributed by atoms with Crippen molar-refractivity contribution in [3.05, 3.63) is 35.4 Å². The lowest BCUT2D eigenvalue weighted by Gasteiger charge is -2.58. The number of carbonyl (C=O) groups excluding carboxylic acids is 1. The molecular weight excluding hydrogens is 713 g/mol. The minimum atomic E-state index is -0.220. The Balaban J connectivity index is 1.15. The first-order chi connectivity index (χ1) is 28.1. The number of hydrogen-bond acceptors (Lipinski definition) is 4. The molecule has 1 aromatic rings. The summed E-state index contributed by atoms with van der Waals surface area (Å²) in [6.07, 6.45) is 36.9. The molecule has 1 aromatic carbocycles. The van der Waals surface area contributed by atoms with Crippen molar-refractivity contribution in [3.63, 3.8) is 0 Å². The zero-order valence-corrected chi connectivity index (χ0v) is 39.0. The van der Waals surface area contributed by atoms with Crippen molar-refractivity contribution in [1.29, 1.82) is 0 Å². The van der Waals surface area contributed by atoms with Gasteiger partial charge in [0.25, 0.3) is 0 Å². The quantitative estimate of drug-likeness (QED) is 0.0505. The van der Waals surface area contributed by atoms with Crippen LogP contribution < -0.4 is 9.47 Å². The van der Waals surface area contributed by atoms with Crippen LogP contribution in [0.25, 0.3) is 0 Å². The van der Waals surface area contributed by atoms with Crippen LogP contribution in [-0.4, -0.2) is 25.3 Å². The predicted octanol–water partition coefficient (Wildman–Crippen LogP) is 16.3. The summed E-state index contributed by atoms with van der Waals surface area (Å²) in [6.45, 7) is 18.5. The van der Waals surface area contributed by atoms with E-state index in [1.165, 1.54) is 141 Å². The molecule has 0 N–H and O–H groups in total. The van der Waals surface area contributed by atoms with E-state index in [0.29, 0.717) is 29.9 Å². The Hall–Kier alpha value is -1.97. The molecule has 4 aliphatic rings. The number of hydrogen-bond donors (Lipinski definition) is 0. The average molecular weight is 803 g/mol. The van der Waals surface area contributed by atoms with Gasteiger partial charge < -0.3 is 14.2 Å². The van der Waals surface area contributed by atoms with Crippen molar-refractivity contribution in [2.75, 3.05) is 13.2 Å². The Kier molecular flexibility index (Phi) is 19.4. The molecule has 0 aromatic heterocycles. The minimum Gasteiger partial charge on any atom is -0.490 e. The van der Waals surface area contributed by atoms with Gasteiger partial charge in [-0.15, -0.1) is 0 Å². The molecule has 330 valence electrons. The van der Waals surface area contributed by atoms with Gasteiger partial charge in [-0.1, -0.05) is 169 Å². The Bertz CT molecular complexity index is 1380. The minimum absolute atomic E-state index is 0.0561. The van der Waals surface area contributed by atoms with Crippen molar-refractivity contribution in [2.45, 2.75) is 228 Å². The van der Waals surface area contributed by atoms with Crippen LogP contribution in [0.5, 0.6) is 11.5 Å². The maximum Gasteiger partial charge on any atom is 0.338 e. The molecule has 0 spiro atoms. The Morgan fingerprint density at radius 1 is 0.690 bits per heavy atom. The number of allylic oxidation sites excluding steroid dienone is 1. The highest BCUT2D eigenvalue weighted by Crippen LogP contribution is 2.67. The Morgan fingerprint density at radius 3 is 1.95 bits per heavy atom. The number of esters is 1. The number of fused-ring (bicyclic) bond motifs is 5. The number of rotatable bonds is 27. The third-order valence-corrected chi connectivity index (χ3v) is 16.2. The molecule has 0 saturated heterocycles. The van der Waals surface area contributed by atoms with Crippen LogP contribution in [0, 0.1) is 46.3 Å². The third-order valence-electron chi connectivity index (χ3n) is 16.2. The van der Waals surface area contributed by atoms with Gasteiger partial charge in [-0.2, -0.15) is 0 Å². The molecule has 3 fully saturated rings. The lowest BCUT2D eigenvalue weighted by molar-refractivity contribution is -0.0594. The molecule has 0 heterocycles. The Morgan fingerprint density at radius 2 is 1.31 bits per heavy atom. The fourth-order valence-electron chi connectivity index (χ4n) is 12.7. The van der Waals surface area contributed by atoms with Crippen LogP contribution in [0.2, 0.25) is 0 Å². The summed E-state index contributed by atoms with van der Waals surface area (Å²) in [5.41, 5.74) is 2.92. The fraction of sp³-hybridized carbons (Fsp3) is 0.833. The molecule has 0 radical (unpaired) electrons. The SMILES string of the molecule is CCCCCCCCCCOc1ccc(C(=O)O[C@H]2CC[C@@]3(C)C(=CC[C@H]4[C@@H]5CC[C@H]([C@H](C)CCCC(C)C)[C@@]5(C)CC[C@@H]43)C2)cc1OCCCCCCCCCC. The third kappa shape index (κ3) is 12.8. The van der Waals surface area contributed by atoms with Crippen molar-refractivity contribution in [2.24, 2.45) is 46.3 Å². The summed E-state index contributed by atoms with van der Waals surface area (Å²) in [7, 11) is 0. The van der Waals surface area contributed by atoms with E-state index in [9.17, 15) is 4.79 Å².